The number of ether oxygens (including phenoxy) is 1. The summed E-state index contributed by atoms with van der Waals surface area (Å²) in [5, 5.41) is 4.51. The third-order valence-electron chi connectivity index (χ3n) is 5.14. The molecule has 1 aliphatic rings. The van der Waals surface area contributed by atoms with Crippen molar-refractivity contribution < 1.29 is 22.7 Å². The maximum atomic E-state index is 12.9. The Bertz CT molecular complexity index is 1080. The molecule has 11 heteroatoms. The van der Waals surface area contributed by atoms with Gasteiger partial charge in [-0.05, 0) is 38.3 Å². The number of hydrogen-bond donors (Lipinski definition) is 0. The Hall–Kier alpha value is -2.69. The van der Waals surface area contributed by atoms with Crippen LogP contribution in [0, 0.1) is 6.92 Å². The van der Waals surface area contributed by atoms with E-state index in [-0.39, 0.29) is 12.6 Å². The summed E-state index contributed by atoms with van der Waals surface area (Å²) in [6.45, 7) is 5.04. The van der Waals surface area contributed by atoms with Crippen LogP contribution in [0.3, 0.4) is 0 Å². The Morgan fingerprint density at radius 2 is 2.17 bits per heavy atom. The van der Waals surface area contributed by atoms with Crippen LogP contribution in [0.1, 0.15) is 46.7 Å². The van der Waals surface area contributed by atoms with E-state index in [0.29, 0.717) is 28.6 Å². The number of aryl methyl sites for hydroxylation is 1. The van der Waals surface area contributed by atoms with Gasteiger partial charge >= 0.3 is 12.1 Å². The van der Waals surface area contributed by atoms with Crippen LogP contribution in [0.4, 0.5) is 19.0 Å². The molecule has 0 saturated carbocycles. The number of rotatable bonds is 4. The fourth-order valence-corrected chi connectivity index (χ4v) is 4.78. The number of anilines is 1. The van der Waals surface area contributed by atoms with E-state index in [1.165, 1.54) is 28.5 Å². The molecule has 1 unspecified atom stereocenters. The Balaban J connectivity index is 1.65. The zero-order chi connectivity index (χ0) is 21.5. The van der Waals surface area contributed by atoms with E-state index in [1.807, 2.05) is 11.8 Å². The number of esters is 1. The molecule has 4 heterocycles. The van der Waals surface area contributed by atoms with Crippen LogP contribution >= 0.6 is 11.3 Å². The lowest BCUT2D eigenvalue weighted by atomic mass is 10.1. The second kappa shape index (κ2) is 7.86. The molecule has 1 fully saturated rings. The summed E-state index contributed by atoms with van der Waals surface area (Å²) in [6.07, 6.45) is -0.134. The third kappa shape index (κ3) is 3.73. The number of thiophene rings is 1. The van der Waals surface area contributed by atoms with Crippen molar-refractivity contribution in [1.29, 1.82) is 0 Å². The first-order valence-electron chi connectivity index (χ1n) is 9.58. The first-order valence-corrected chi connectivity index (χ1v) is 10.4. The predicted octanol–water partition coefficient (Wildman–Crippen LogP) is 4.23. The van der Waals surface area contributed by atoms with Gasteiger partial charge in [-0.25, -0.2) is 14.8 Å². The summed E-state index contributed by atoms with van der Waals surface area (Å²) >= 11 is 1.26. The van der Waals surface area contributed by atoms with Gasteiger partial charge in [0.15, 0.2) is 5.69 Å². The quantitative estimate of drug-likeness (QED) is 0.567. The minimum Gasteiger partial charge on any atom is -0.462 e. The Morgan fingerprint density at radius 1 is 1.37 bits per heavy atom. The van der Waals surface area contributed by atoms with Gasteiger partial charge < -0.3 is 9.64 Å². The number of alkyl halides is 3. The van der Waals surface area contributed by atoms with Crippen molar-refractivity contribution in [3.63, 3.8) is 0 Å². The number of hydrogen-bond acceptors (Lipinski definition) is 7. The molecule has 7 nitrogen and oxygen atoms in total. The Kier molecular flexibility index (Phi) is 5.39. The highest BCUT2D eigenvalue weighted by Gasteiger charge is 2.35. The third-order valence-corrected chi connectivity index (χ3v) is 6.32. The van der Waals surface area contributed by atoms with Gasteiger partial charge in [-0.3, -0.25) is 4.68 Å². The number of carbonyl (C=O) groups excluding carboxylic acids is 1. The zero-order valence-corrected chi connectivity index (χ0v) is 17.3. The number of fused-ring (bicyclic) bond motifs is 1. The topological polar surface area (TPSA) is 73.1 Å². The van der Waals surface area contributed by atoms with E-state index >= 15 is 0 Å². The van der Waals surface area contributed by atoms with Crippen molar-refractivity contribution >= 4 is 33.3 Å². The summed E-state index contributed by atoms with van der Waals surface area (Å²) in [6, 6.07) is 0.791. The molecule has 4 rings (SSSR count). The smallest absolute Gasteiger partial charge is 0.435 e. The molecule has 0 spiro atoms. The summed E-state index contributed by atoms with van der Waals surface area (Å²) < 4.78 is 45.3. The van der Waals surface area contributed by atoms with Crippen LogP contribution in [0.2, 0.25) is 0 Å². The van der Waals surface area contributed by atoms with Crippen LogP contribution in [0.15, 0.2) is 18.6 Å². The molecule has 30 heavy (non-hydrogen) atoms. The van der Waals surface area contributed by atoms with Gasteiger partial charge in [0, 0.05) is 19.3 Å². The van der Waals surface area contributed by atoms with E-state index in [0.717, 1.165) is 29.9 Å². The fourth-order valence-electron chi connectivity index (χ4n) is 3.74. The maximum absolute atomic E-state index is 12.9. The molecule has 0 aromatic carbocycles. The number of piperidine rings is 1. The zero-order valence-electron chi connectivity index (χ0n) is 16.4. The monoisotopic (exact) mass is 439 g/mol. The summed E-state index contributed by atoms with van der Waals surface area (Å²) in [5.74, 6) is 0.286. The maximum Gasteiger partial charge on any atom is 0.435 e. The number of halogens is 3. The first-order chi connectivity index (χ1) is 14.3. The van der Waals surface area contributed by atoms with Crippen LogP contribution in [0.5, 0.6) is 0 Å². The van der Waals surface area contributed by atoms with Crippen LogP contribution < -0.4 is 4.90 Å². The number of nitrogens with zero attached hydrogens (tertiary/aromatic N) is 5. The van der Waals surface area contributed by atoms with Gasteiger partial charge in [0.1, 0.15) is 21.9 Å². The fraction of sp³-hybridized carbons (Fsp3) is 0.474. The minimum absolute atomic E-state index is 0.205. The van der Waals surface area contributed by atoms with Crippen molar-refractivity contribution in [3.05, 3.63) is 34.7 Å². The number of aromatic nitrogens is 4. The van der Waals surface area contributed by atoms with E-state index in [1.54, 1.807) is 6.92 Å². The second-order valence-electron chi connectivity index (χ2n) is 7.07. The summed E-state index contributed by atoms with van der Waals surface area (Å²) in [7, 11) is 0. The average molecular weight is 439 g/mol. The molecular formula is C19H20F3N5O2S. The van der Waals surface area contributed by atoms with E-state index in [4.69, 9.17) is 4.74 Å². The van der Waals surface area contributed by atoms with Crippen LogP contribution in [-0.4, -0.2) is 45.4 Å². The standard InChI is InChI=1S/C19H20F3N5O2S/c1-3-29-18(28)15-11(2)14-16(23-10-24-17(14)30-15)26-7-4-5-12(9-26)27-8-6-13(25-27)19(20,21)22/h6,8,10,12H,3-5,7,9H2,1-2H3. The van der Waals surface area contributed by atoms with Crippen molar-refractivity contribution in [1.82, 2.24) is 19.7 Å². The van der Waals surface area contributed by atoms with Gasteiger partial charge in [-0.1, -0.05) is 0 Å². The van der Waals surface area contributed by atoms with Gasteiger partial charge in [-0.15, -0.1) is 11.3 Å². The van der Waals surface area contributed by atoms with Crippen LogP contribution in [0.25, 0.3) is 10.2 Å². The molecule has 0 bridgehead atoms. The second-order valence-corrected chi connectivity index (χ2v) is 8.07. The largest absolute Gasteiger partial charge is 0.462 e. The number of carbonyl (C=O) groups is 1. The minimum atomic E-state index is -4.46. The van der Waals surface area contributed by atoms with Gasteiger partial charge in [0.2, 0.25) is 0 Å². The van der Waals surface area contributed by atoms with Crippen molar-refractivity contribution in [2.24, 2.45) is 0 Å². The molecule has 1 atom stereocenters. The van der Waals surface area contributed by atoms with Gasteiger partial charge in [0.25, 0.3) is 0 Å². The lowest BCUT2D eigenvalue weighted by Crippen LogP contribution is -2.37. The molecule has 1 aliphatic heterocycles. The van der Waals surface area contributed by atoms with Gasteiger partial charge in [0.05, 0.1) is 18.0 Å². The lowest BCUT2D eigenvalue weighted by molar-refractivity contribution is -0.141. The van der Waals surface area contributed by atoms with Gasteiger partial charge in [-0.2, -0.15) is 18.3 Å². The Morgan fingerprint density at radius 3 is 2.87 bits per heavy atom. The average Bonchev–Trinajstić information content (AvgIpc) is 3.34. The Labute approximate surface area is 174 Å². The lowest BCUT2D eigenvalue weighted by Gasteiger charge is -2.34. The SMILES string of the molecule is CCOC(=O)c1sc2ncnc(N3CCCC(n4ccc(C(F)(F)F)n4)C3)c2c1C. The molecule has 3 aromatic heterocycles. The molecule has 160 valence electrons. The highest BCUT2D eigenvalue weighted by atomic mass is 32.1. The van der Waals surface area contributed by atoms with E-state index in [2.05, 4.69) is 15.1 Å². The normalized spacial score (nSPS) is 17.5. The highest BCUT2D eigenvalue weighted by Crippen LogP contribution is 2.37. The molecule has 0 amide bonds. The first kappa shape index (κ1) is 20.6. The molecule has 0 radical (unpaired) electrons. The molecule has 3 aromatic rings. The summed E-state index contributed by atoms with van der Waals surface area (Å²) in [5.41, 5.74) is -0.138. The van der Waals surface area contributed by atoms with Crippen molar-refractivity contribution in [2.75, 3.05) is 24.6 Å². The van der Waals surface area contributed by atoms with E-state index in [9.17, 15) is 18.0 Å². The van der Waals surface area contributed by atoms with Crippen LogP contribution in [-0.2, 0) is 10.9 Å². The summed E-state index contributed by atoms with van der Waals surface area (Å²) in [4.78, 5) is 24.2. The highest BCUT2D eigenvalue weighted by molar-refractivity contribution is 7.20. The molecule has 0 aliphatic carbocycles. The van der Waals surface area contributed by atoms with Crippen molar-refractivity contribution in [2.45, 2.75) is 38.9 Å². The predicted molar refractivity (Wildman–Crippen MR) is 106 cm³/mol. The molecular weight excluding hydrogens is 419 g/mol. The van der Waals surface area contributed by atoms with E-state index < -0.39 is 17.8 Å². The molecule has 1 saturated heterocycles. The molecule has 0 N–H and O–H groups in total. The van der Waals surface area contributed by atoms with Crippen molar-refractivity contribution in [3.8, 4) is 0 Å².